The van der Waals surface area contributed by atoms with E-state index in [9.17, 15) is 19.2 Å². The van der Waals surface area contributed by atoms with E-state index in [1.807, 2.05) is 0 Å². The van der Waals surface area contributed by atoms with Gasteiger partial charge in [-0.25, -0.2) is 0 Å². The number of ether oxygens (including phenoxy) is 1. The zero-order chi connectivity index (χ0) is 21.8. The van der Waals surface area contributed by atoms with Gasteiger partial charge in [-0.05, 0) is 60.7 Å². The summed E-state index contributed by atoms with van der Waals surface area (Å²) in [5.74, 6) is 1.41. The molecule has 0 aromatic rings. The molecule has 0 radical (unpaired) electrons. The lowest BCUT2D eigenvalue weighted by atomic mass is 9.44. The van der Waals surface area contributed by atoms with Gasteiger partial charge in [0.05, 0.1) is 7.11 Å². The van der Waals surface area contributed by atoms with Gasteiger partial charge in [0.25, 0.3) is 0 Å². The number of ketones is 3. The molecule has 5 nitrogen and oxygen atoms in total. The first-order chi connectivity index (χ1) is 14.1. The number of hydrogen-bond donors (Lipinski definition) is 0. The summed E-state index contributed by atoms with van der Waals surface area (Å²) < 4.78 is 4.80. The summed E-state index contributed by atoms with van der Waals surface area (Å²) in [7, 11) is 1.41. The van der Waals surface area contributed by atoms with E-state index >= 15 is 0 Å². The van der Waals surface area contributed by atoms with Gasteiger partial charge in [-0.2, -0.15) is 0 Å². The van der Waals surface area contributed by atoms with E-state index in [2.05, 4.69) is 20.8 Å². The first-order valence-corrected chi connectivity index (χ1v) is 11.8. The number of esters is 1. The van der Waals surface area contributed by atoms with Crippen LogP contribution in [0, 0.1) is 46.3 Å². The highest BCUT2D eigenvalue weighted by molar-refractivity contribution is 5.93. The summed E-state index contributed by atoms with van der Waals surface area (Å²) in [6.45, 7) is 6.50. The SMILES string of the molecule is COC(=O)CC[C@@H](C)C1CCC2C3C(=O)CC4CC(=O)CCC4(C)C3CC(=O)C21C. The Bertz CT molecular complexity index is 772. The number of rotatable bonds is 4. The van der Waals surface area contributed by atoms with Gasteiger partial charge in [-0.15, -0.1) is 0 Å². The van der Waals surface area contributed by atoms with Crippen LogP contribution >= 0.6 is 0 Å². The van der Waals surface area contributed by atoms with Crippen molar-refractivity contribution in [3.8, 4) is 0 Å². The molecule has 5 heteroatoms. The minimum absolute atomic E-state index is 0.0417. The fourth-order valence-corrected chi connectivity index (χ4v) is 8.04. The molecule has 0 amide bonds. The molecule has 0 N–H and O–H groups in total. The molecule has 0 aliphatic heterocycles. The first-order valence-electron chi connectivity index (χ1n) is 11.8. The molecular formula is C25H36O5. The number of methoxy groups -OCH3 is 1. The van der Waals surface area contributed by atoms with Crippen molar-refractivity contribution in [3.63, 3.8) is 0 Å². The Morgan fingerprint density at radius 2 is 1.83 bits per heavy atom. The van der Waals surface area contributed by atoms with Crippen molar-refractivity contribution in [2.45, 2.75) is 78.6 Å². The highest BCUT2D eigenvalue weighted by atomic mass is 16.5. The third kappa shape index (κ3) is 3.10. The predicted molar refractivity (Wildman–Crippen MR) is 111 cm³/mol. The smallest absolute Gasteiger partial charge is 0.305 e. The predicted octanol–water partition coefficient (Wildman–Crippen LogP) is 4.16. The summed E-state index contributed by atoms with van der Waals surface area (Å²) in [6, 6.07) is 0. The van der Waals surface area contributed by atoms with Crippen LogP contribution in [0.15, 0.2) is 0 Å². The van der Waals surface area contributed by atoms with Gasteiger partial charge in [0, 0.05) is 43.4 Å². The van der Waals surface area contributed by atoms with Crippen LogP contribution in [-0.2, 0) is 23.9 Å². The Labute approximate surface area is 179 Å². The van der Waals surface area contributed by atoms with E-state index in [0.29, 0.717) is 43.7 Å². The lowest BCUT2D eigenvalue weighted by Crippen LogP contribution is -2.60. The molecule has 0 aromatic heterocycles. The largest absolute Gasteiger partial charge is 0.469 e. The maximum Gasteiger partial charge on any atom is 0.305 e. The maximum atomic E-state index is 13.7. The van der Waals surface area contributed by atoms with Crippen LogP contribution in [0.1, 0.15) is 78.6 Å². The third-order valence-corrected chi connectivity index (χ3v) is 9.94. The molecule has 166 valence electrons. The van der Waals surface area contributed by atoms with Crippen LogP contribution in [0.2, 0.25) is 0 Å². The first kappa shape index (κ1) is 21.7. The van der Waals surface area contributed by atoms with E-state index in [1.54, 1.807) is 0 Å². The average molecular weight is 417 g/mol. The average Bonchev–Trinajstić information content (AvgIpc) is 3.06. The Kier molecular flexibility index (Phi) is 5.47. The van der Waals surface area contributed by atoms with Crippen LogP contribution < -0.4 is 0 Å². The van der Waals surface area contributed by atoms with Crippen LogP contribution in [0.4, 0.5) is 0 Å². The van der Waals surface area contributed by atoms with E-state index < -0.39 is 5.41 Å². The summed E-state index contributed by atoms with van der Waals surface area (Å²) in [5, 5.41) is 0. The highest BCUT2D eigenvalue weighted by Crippen LogP contribution is 2.66. The second kappa shape index (κ2) is 7.56. The van der Waals surface area contributed by atoms with Gasteiger partial charge in [-0.1, -0.05) is 20.8 Å². The van der Waals surface area contributed by atoms with Crippen molar-refractivity contribution in [2.24, 2.45) is 46.3 Å². The van der Waals surface area contributed by atoms with Gasteiger partial charge in [0.1, 0.15) is 17.3 Å². The van der Waals surface area contributed by atoms with Crippen molar-refractivity contribution < 1.29 is 23.9 Å². The number of fused-ring (bicyclic) bond motifs is 5. The van der Waals surface area contributed by atoms with Crippen LogP contribution in [0.25, 0.3) is 0 Å². The lowest BCUT2D eigenvalue weighted by molar-refractivity contribution is -0.166. The third-order valence-electron chi connectivity index (χ3n) is 9.94. The topological polar surface area (TPSA) is 77.5 Å². The van der Waals surface area contributed by atoms with E-state index in [-0.39, 0.29) is 52.7 Å². The van der Waals surface area contributed by atoms with Crippen molar-refractivity contribution in [3.05, 3.63) is 0 Å². The van der Waals surface area contributed by atoms with Gasteiger partial charge < -0.3 is 4.74 Å². The van der Waals surface area contributed by atoms with E-state index in [0.717, 1.165) is 25.7 Å². The molecule has 0 saturated heterocycles. The fraction of sp³-hybridized carbons (Fsp3) is 0.840. The van der Waals surface area contributed by atoms with Crippen molar-refractivity contribution in [1.82, 2.24) is 0 Å². The monoisotopic (exact) mass is 416 g/mol. The minimum atomic E-state index is -0.472. The summed E-state index contributed by atoms with van der Waals surface area (Å²) in [5.41, 5.74) is -0.544. The van der Waals surface area contributed by atoms with Crippen molar-refractivity contribution >= 4 is 23.3 Å². The molecule has 30 heavy (non-hydrogen) atoms. The molecule has 4 saturated carbocycles. The molecule has 7 unspecified atom stereocenters. The van der Waals surface area contributed by atoms with Crippen LogP contribution in [-0.4, -0.2) is 30.4 Å². The van der Waals surface area contributed by atoms with Crippen molar-refractivity contribution in [1.29, 1.82) is 0 Å². The summed E-state index contributed by atoms with van der Waals surface area (Å²) in [4.78, 5) is 50.7. The second-order valence-corrected chi connectivity index (χ2v) is 11.0. The number of carbonyl (C=O) groups excluding carboxylic acids is 4. The molecule has 0 aromatic carbocycles. The molecule has 8 atom stereocenters. The number of hydrogen-bond acceptors (Lipinski definition) is 5. The normalized spacial score (nSPS) is 44.1. The minimum Gasteiger partial charge on any atom is -0.469 e. The Morgan fingerprint density at radius 1 is 1.10 bits per heavy atom. The van der Waals surface area contributed by atoms with Gasteiger partial charge in [0.15, 0.2) is 0 Å². The zero-order valence-electron chi connectivity index (χ0n) is 18.9. The highest BCUT2D eigenvalue weighted by Gasteiger charge is 2.66. The summed E-state index contributed by atoms with van der Waals surface area (Å²) in [6.07, 6.45) is 5.87. The van der Waals surface area contributed by atoms with Crippen LogP contribution in [0.5, 0.6) is 0 Å². The molecule has 4 aliphatic rings. The lowest BCUT2D eigenvalue weighted by Gasteiger charge is -2.58. The molecule has 0 spiro atoms. The Hall–Kier alpha value is -1.52. The molecule has 4 rings (SSSR count). The standard InChI is InChI=1S/C25H36O5/c1-14(5-8-22(29)30-4)17-6-7-18-23-19(13-21(28)25(17,18)3)24(2)10-9-16(26)11-15(24)12-20(23)27/h14-15,17-19,23H,5-13H2,1-4H3/t14-,15?,17?,18?,19?,23?,24?,25?/m1/s1. The molecule has 4 fully saturated rings. The zero-order valence-corrected chi connectivity index (χ0v) is 18.9. The van der Waals surface area contributed by atoms with Crippen molar-refractivity contribution in [2.75, 3.05) is 7.11 Å². The number of Topliss-reactive ketones (excluding diaryl/α,β-unsaturated/α-hetero) is 3. The molecule has 4 aliphatic carbocycles. The van der Waals surface area contributed by atoms with Gasteiger partial charge in [-0.3, -0.25) is 19.2 Å². The van der Waals surface area contributed by atoms with Gasteiger partial charge in [0.2, 0.25) is 0 Å². The van der Waals surface area contributed by atoms with Crippen LogP contribution in [0.3, 0.4) is 0 Å². The fourth-order valence-electron chi connectivity index (χ4n) is 8.04. The van der Waals surface area contributed by atoms with E-state index in [1.165, 1.54) is 7.11 Å². The molecule has 0 bridgehead atoms. The maximum absolute atomic E-state index is 13.7. The second-order valence-electron chi connectivity index (χ2n) is 11.0. The Balaban J connectivity index is 1.60. The molecular weight excluding hydrogens is 380 g/mol. The quantitative estimate of drug-likeness (QED) is 0.643. The summed E-state index contributed by atoms with van der Waals surface area (Å²) >= 11 is 0. The Morgan fingerprint density at radius 3 is 2.53 bits per heavy atom. The molecule has 0 heterocycles. The van der Waals surface area contributed by atoms with Gasteiger partial charge >= 0.3 is 5.97 Å². The van der Waals surface area contributed by atoms with E-state index in [4.69, 9.17) is 4.74 Å². The number of carbonyl (C=O) groups is 4.